The van der Waals surface area contributed by atoms with E-state index in [9.17, 15) is 4.39 Å². The number of aromatic nitrogens is 2. The number of amidine groups is 1. The van der Waals surface area contributed by atoms with Gasteiger partial charge >= 0.3 is 0 Å². The van der Waals surface area contributed by atoms with Crippen molar-refractivity contribution in [1.29, 1.82) is 5.41 Å². The topological polar surface area (TPSA) is 76.9 Å². The maximum atomic E-state index is 14.1. The maximum Gasteiger partial charge on any atom is 0.180 e. The van der Waals surface area contributed by atoms with Crippen LogP contribution in [0.4, 0.5) is 4.39 Å². The van der Waals surface area contributed by atoms with Crippen LogP contribution in [0.25, 0.3) is 0 Å². The van der Waals surface area contributed by atoms with Crippen LogP contribution in [0.1, 0.15) is 18.9 Å². The molecule has 0 aliphatic heterocycles. The first-order chi connectivity index (χ1) is 9.52. The molecule has 106 valence electrons. The molecule has 0 saturated carbocycles. The molecular formula is C13H14BrFN4O. The van der Waals surface area contributed by atoms with E-state index >= 15 is 0 Å². The molecule has 0 fully saturated rings. The van der Waals surface area contributed by atoms with Crippen LogP contribution in [0.2, 0.25) is 0 Å². The second-order valence-electron chi connectivity index (χ2n) is 4.19. The number of nitrogens with zero attached hydrogens (tertiary/aromatic N) is 2. The van der Waals surface area contributed by atoms with Crippen molar-refractivity contribution in [2.24, 2.45) is 5.73 Å². The highest BCUT2D eigenvalue weighted by Crippen LogP contribution is 2.31. The van der Waals surface area contributed by atoms with Crippen LogP contribution in [-0.4, -0.2) is 15.6 Å². The minimum atomic E-state index is -0.596. The van der Waals surface area contributed by atoms with Gasteiger partial charge in [0.25, 0.3) is 0 Å². The third-order valence-electron chi connectivity index (χ3n) is 2.63. The Labute approximate surface area is 124 Å². The first-order valence-electron chi connectivity index (χ1n) is 6.05. The monoisotopic (exact) mass is 340 g/mol. The Morgan fingerprint density at radius 2 is 2.30 bits per heavy atom. The highest BCUT2D eigenvalue weighted by Gasteiger charge is 2.15. The van der Waals surface area contributed by atoms with E-state index in [2.05, 4.69) is 21.0 Å². The van der Waals surface area contributed by atoms with Gasteiger partial charge in [-0.3, -0.25) is 10.1 Å². The highest BCUT2D eigenvalue weighted by atomic mass is 79.9. The zero-order valence-corrected chi connectivity index (χ0v) is 12.4. The van der Waals surface area contributed by atoms with Crippen molar-refractivity contribution in [3.05, 3.63) is 40.4 Å². The van der Waals surface area contributed by atoms with Crippen molar-refractivity contribution in [1.82, 2.24) is 9.78 Å². The summed E-state index contributed by atoms with van der Waals surface area (Å²) in [4.78, 5) is 0. The minimum absolute atomic E-state index is 0.0536. The van der Waals surface area contributed by atoms with E-state index in [4.69, 9.17) is 15.9 Å². The second-order valence-corrected chi connectivity index (χ2v) is 4.99. The summed E-state index contributed by atoms with van der Waals surface area (Å²) in [7, 11) is 0. The zero-order chi connectivity index (χ0) is 14.7. The van der Waals surface area contributed by atoms with Crippen molar-refractivity contribution in [2.75, 3.05) is 0 Å². The van der Waals surface area contributed by atoms with Crippen LogP contribution in [0.15, 0.2) is 29.0 Å². The summed E-state index contributed by atoms with van der Waals surface area (Å²) in [6.07, 6.45) is 4.19. The van der Waals surface area contributed by atoms with Crippen LogP contribution in [0.3, 0.4) is 0 Å². The van der Waals surface area contributed by atoms with Gasteiger partial charge in [-0.1, -0.05) is 6.92 Å². The maximum absolute atomic E-state index is 14.1. The van der Waals surface area contributed by atoms with Crippen molar-refractivity contribution < 1.29 is 9.13 Å². The molecule has 0 spiro atoms. The van der Waals surface area contributed by atoms with E-state index in [-0.39, 0.29) is 21.6 Å². The molecule has 1 aromatic carbocycles. The van der Waals surface area contributed by atoms with E-state index in [0.29, 0.717) is 5.75 Å². The SMILES string of the molecule is CCCn1cc(Oc2ccc(C(=N)N)c(Br)c2F)cn1. The van der Waals surface area contributed by atoms with Gasteiger partial charge in [-0.2, -0.15) is 5.10 Å². The summed E-state index contributed by atoms with van der Waals surface area (Å²) in [5.41, 5.74) is 5.64. The Morgan fingerprint density at radius 1 is 1.55 bits per heavy atom. The van der Waals surface area contributed by atoms with Gasteiger partial charge in [-0.25, -0.2) is 4.39 Å². The lowest BCUT2D eigenvalue weighted by Crippen LogP contribution is -2.12. The van der Waals surface area contributed by atoms with Crippen LogP contribution in [0.5, 0.6) is 11.5 Å². The van der Waals surface area contributed by atoms with Crippen molar-refractivity contribution in [3.63, 3.8) is 0 Å². The Balaban J connectivity index is 2.25. The van der Waals surface area contributed by atoms with Crippen LogP contribution in [0, 0.1) is 11.2 Å². The van der Waals surface area contributed by atoms with Gasteiger partial charge in [0.1, 0.15) is 5.84 Å². The molecule has 0 aliphatic carbocycles. The average Bonchev–Trinajstić information content (AvgIpc) is 2.83. The fourth-order valence-electron chi connectivity index (χ4n) is 1.69. The Kier molecular flexibility index (Phi) is 4.39. The van der Waals surface area contributed by atoms with Crippen LogP contribution >= 0.6 is 15.9 Å². The molecule has 0 atom stereocenters. The smallest absolute Gasteiger partial charge is 0.180 e. The molecule has 0 radical (unpaired) electrons. The molecule has 0 aliphatic rings. The number of aryl methyl sites for hydroxylation is 1. The van der Waals surface area contributed by atoms with Crippen LogP contribution < -0.4 is 10.5 Å². The Bertz CT molecular complexity index is 641. The predicted octanol–water partition coefficient (Wildman–Crippen LogP) is 3.27. The molecular weight excluding hydrogens is 327 g/mol. The van der Waals surface area contributed by atoms with E-state index in [1.165, 1.54) is 18.3 Å². The van der Waals surface area contributed by atoms with Crippen molar-refractivity contribution in [2.45, 2.75) is 19.9 Å². The molecule has 1 aromatic heterocycles. The predicted molar refractivity (Wildman–Crippen MR) is 77.7 cm³/mol. The summed E-state index contributed by atoms with van der Waals surface area (Å²) in [5, 5.41) is 11.4. The van der Waals surface area contributed by atoms with Gasteiger partial charge in [0.2, 0.25) is 0 Å². The number of halogens is 2. The summed E-state index contributed by atoms with van der Waals surface area (Å²) in [6.45, 7) is 2.82. The zero-order valence-electron chi connectivity index (χ0n) is 10.9. The minimum Gasteiger partial charge on any atom is -0.451 e. The number of nitrogen functional groups attached to an aromatic ring is 1. The van der Waals surface area contributed by atoms with Gasteiger partial charge in [0.05, 0.1) is 16.9 Å². The third kappa shape index (κ3) is 2.98. The number of rotatable bonds is 5. The fraction of sp³-hybridized carbons (Fsp3) is 0.231. The molecule has 0 amide bonds. The van der Waals surface area contributed by atoms with Gasteiger partial charge in [-0.15, -0.1) is 0 Å². The van der Waals surface area contributed by atoms with E-state index in [1.807, 2.05) is 6.92 Å². The molecule has 0 unspecified atom stereocenters. The van der Waals surface area contributed by atoms with Gasteiger partial charge < -0.3 is 10.5 Å². The molecule has 5 nitrogen and oxygen atoms in total. The summed E-state index contributed by atoms with van der Waals surface area (Å²) >= 11 is 3.08. The van der Waals surface area contributed by atoms with Crippen molar-refractivity contribution >= 4 is 21.8 Å². The largest absolute Gasteiger partial charge is 0.451 e. The molecule has 1 heterocycles. The second kappa shape index (κ2) is 6.04. The standard InChI is InChI=1S/C13H14BrFN4O/c1-2-5-19-7-8(6-18-19)20-10-4-3-9(13(16)17)11(14)12(10)15/h3-4,6-7H,2,5H2,1H3,(H3,16,17). The summed E-state index contributed by atoms with van der Waals surface area (Å²) in [6, 6.07) is 2.97. The van der Waals surface area contributed by atoms with Gasteiger partial charge in [-0.05, 0) is 34.5 Å². The van der Waals surface area contributed by atoms with E-state index < -0.39 is 5.82 Å². The van der Waals surface area contributed by atoms with E-state index in [1.54, 1.807) is 10.9 Å². The fourth-order valence-corrected chi connectivity index (χ4v) is 2.24. The highest BCUT2D eigenvalue weighted by molar-refractivity contribution is 9.10. The Morgan fingerprint density at radius 3 is 2.95 bits per heavy atom. The van der Waals surface area contributed by atoms with Crippen LogP contribution in [-0.2, 0) is 6.54 Å². The van der Waals surface area contributed by atoms with E-state index in [0.717, 1.165) is 13.0 Å². The normalized spacial score (nSPS) is 10.6. The van der Waals surface area contributed by atoms with Crippen molar-refractivity contribution in [3.8, 4) is 11.5 Å². The number of hydrogen-bond acceptors (Lipinski definition) is 3. The number of nitrogens with two attached hydrogens (primary N) is 1. The average molecular weight is 341 g/mol. The number of ether oxygens (including phenoxy) is 1. The first kappa shape index (κ1) is 14.5. The molecule has 0 saturated heterocycles. The summed E-state index contributed by atoms with van der Waals surface area (Å²) < 4.78 is 21.4. The molecule has 2 aromatic rings. The first-order valence-corrected chi connectivity index (χ1v) is 6.85. The third-order valence-corrected chi connectivity index (χ3v) is 3.40. The quantitative estimate of drug-likeness (QED) is 0.647. The van der Waals surface area contributed by atoms with Gasteiger partial charge in [0, 0.05) is 12.1 Å². The molecule has 2 rings (SSSR count). The van der Waals surface area contributed by atoms with Gasteiger partial charge in [0.15, 0.2) is 17.3 Å². The lowest BCUT2D eigenvalue weighted by Gasteiger charge is -2.08. The lowest BCUT2D eigenvalue weighted by molar-refractivity contribution is 0.439. The number of nitrogens with one attached hydrogen (secondary N) is 1. The molecule has 20 heavy (non-hydrogen) atoms. The molecule has 0 bridgehead atoms. The lowest BCUT2D eigenvalue weighted by atomic mass is 10.2. The Hall–Kier alpha value is -1.89. The number of benzene rings is 1. The number of hydrogen-bond donors (Lipinski definition) is 2. The molecule has 7 heteroatoms. The summed E-state index contributed by atoms with van der Waals surface area (Å²) in [5.74, 6) is -0.295. The molecule has 3 N–H and O–H groups in total.